The number of anilines is 3. The van der Waals surface area contributed by atoms with Crippen molar-refractivity contribution in [2.75, 3.05) is 16.5 Å². The molecule has 0 fully saturated rings. The van der Waals surface area contributed by atoms with Crippen molar-refractivity contribution in [1.29, 1.82) is 0 Å². The molecule has 0 radical (unpaired) electrons. The molecule has 0 aliphatic rings. The van der Waals surface area contributed by atoms with E-state index in [0.29, 0.717) is 27.5 Å². The second-order valence-electron chi connectivity index (χ2n) is 14.4. The fourth-order valence-corrected chi connectivity index (χ4v) is 5.38. The number of imide groups is 1. The molecule has 1 N–H and O–H groups in total. The van der Waals surface area contributed by atoms with Crippen LogP contribution in [0.5, 0.6) is 0 Å². The van der Waals surface area contributed by atoms with Crippen LogP contribution >= 0.6 is 0 Å². The number of nitrogens with zero attached hydrogens (tertiary/aromatic N) is 5. The summed E-state index contributed by atoms with van der Waals surface area (Å²) in [5.74, 6) is 6.48. The number of fused-ring (bicyclic) bond motifs is 1. The van der Waals surface area contributed by atoms with E-state index in [9.17, 15) is 18.6 Å². The number of rotatable bonds is 4. The predicted molar refractivity (Wildman–Crippen MR) is 195 cm³/mol. The average Bonchev–Trinajstić information content (AvgIpc) is 2.98. The number of hydrogen-bond acceptors (Lipinski definition) is 11. The van der Waals surface area contributed by atoms with Gasteiger partial charge in [0.25, 0.3) is 0 Å². The fourth-order valence-electron chi connectivity index (χ4n) is 4.31. The second-order valence-corrected chi connectivity index (χ2v) is 16.7. The van der Waals surface area contributed by atoms with E-state index in [-0.39, 0.29) is 11.4 Å². The molecule has 268 valence electrons. The third kappa shape index (κ3) is 11.0. The molecule has 4 aromatic rings. The van der Waals surface area contributed by atoms with Gasteiger partial charge in [-0.15, -0.1) is 4.36 Å². The quantitative estimate of drug-likeness (QED) is 0.160. The predicted octanol–water partition coefficient (Wildman–Crippen LogP) is 8.24. The molecule has 0 spiro atoms. The Morgan fingerprint density at radius 2 is 1.39 bits per heavy atom. The lowest BCUT2D eigenvalue weighted by molar-refractivity contribution is 0.0427. The number of nitrogens with one attached hydrogen (secondary N) is 1. The minimum atomic E-state index is -3.05. The van der Waals surface area contributed by atoms with Crippen LogP contribution in [0.25, 0.3) is 10.8 Å². The summed E-state index contributed by atoms with van der Waals surface area (Å²) < 4.78 is 33.2. The molecule has 0 bridgehead atoms. The zero-order chi connectivity index (χ0) is 37.8. The van der Waals surface area contributed by atoms with Crippen molar-refractivity contribution in [2.24, 2.45) is 4.36 Å². The van der Waals surface area contributed by atoms with Gasteiger partial charge in [-0.05, 0) is 117 Å². The van der Waals surface area contributed by atoms with Crippen LogP contribution < -0.4 is 10.2 Å². The molecule has 4 rings (SSSR count). The topological polar surface area (TPSA) is 162 Å². The van der Waals surface area contributed by atoms with Crippen LogP contribution in [-0.4, -0.2) is 60.5 Å². The Morgan fingerprint density at radius 3 is 1.98 bits per heavy atom. The molecule has 1 unspecified atom stereocenters. The van der Waals surface area contributed by atoms with Crippen LogP contribution in [0.2, 0.25) is 0 Å². The first-order chi connectivity index (χ1) is 23.6. The van der Waals surface area contributed by atoms with Gasteiger partial charge in [-0.1, -0.05) is 5.92 Å². The van der Waals surface area contributed by atoms with Gasteiger partial charge < -0.3 is 19.5 Å². The van der Waals surface area contributed by atoms with E-state index in [1.54, 1.807) is 123 Å². The van der Waals surface area contributed by atoms with Gasteiger partial charge in [0, 0.05) is 46.2 Å². The molecule has 0 aliphatic heterocycles. The molecule has 3 amide bonds. The first-order valence-corrected chi connectivity index (χ1v) is 17.8. The fraction of sp³-hybridized carbons (Fsp3) is 0.351. The summed E-state index contributed by atoms with van der Waals surface area (Å²) in [6, 6.07) is 13.4. The Bertz CT molecular complexity index is 2120. The van der Waals surface area contributed by atoms with Gasteiger partial charge in [-0.25, -0.2) is 33.5 Å². The minimum Gasteiger partial charge on any atom is -0.443 e. The summed E-state index contributed by atoms with van der Waals surface area (Å²) in [5, 5.41) is 4.65. The van der Waals surface area contributed by atoms with Crippen LogP contribution in [0.3, 0.4) is 0 Å². The van der Waals surface area contributed by atoms with Gasteiger partial charge in [-0.2, -0.15) is 4.90 Å². The van der Waals surface area contributed by atoms with E-state index >= 15 is 0 Å². The zero-order valence-electron chi connectivity index (χ0n) is 30.4. The summed E-state index contributed by atoms with van der Waals surface area (Å²) in [6.45, 7) is 15.2. The smallest absolute Gasteiger partial charge is 0.442 e. The number of pyridine rings is 3. The second kappa shape index (κ2) is 14.7. The van der Waals surface area contributed by atoms with Crippen molar-refractivity contribution >= 4 is 56.1 Å². The maximum absolute atomic E-state index is 13.3. The van der Waals surface area contributed by atoms with Crippen LogP contribution in [-0.2, 0) is 23.9 Å². The molecule has 1 atom stereocenters. The first kappa shape index (κ1) is 38.3. The number of hydrogen-bond donors (Lipinski definition) is 1. The van der Waals surface area contributed by atoms with Gasteiger partial charge in [0.1, 0.15) is 28.3 Å². The van der Waals surface area contributed by atoms with Crippen molar-refractivity contribution in [3.05, 3.63) is 78.4 Å². The Balaban J connectivity index is 1.66. The van der Waals surface area contributed by atoms with E-state index in [4.69, 9.17) is 14.2 Å². The standard InChI is InChI=1S/C37H42N6O7S/c1-35(2,3)48-32(44)42-51(10,47)27-16-14-26(15-17-27)41-30-22-28-25(23-40-30)19-21-38-29(28)18-13-24-12-11-20-39-31(24)43(33(45)49-36(4,5)6)34(46)50-37(7,8)9/h11-12,14-17,19-23H,1-10H3,(H,40,41). The molecule has 0 aliphatic carbocycles. The highest BCUT2D eigenvalue weighted by atomic mass is 32.2. The van der Waals surface area contributed by atoms with Crippen LogP contribution in [0, 0.1) is 11.8 Å². The molecule has 0 saturated carbocycles. The highest BCUT2D eigenvalue weighted by Crippen LogP contribution is 2.26. The van der Waals surface area contributed by atoms with E-state index in [0.717, 1.165) is 10.3 Å². The molecule has 51 heavy (non-hydrogen) atoms. The maximum atomic E-state index is 13.3. The number of ether oxygens (including phenoxy) is 3. The highest BCUT2D eigenvalue weighted by Gasteiger charge is 2.34. The number of aromatic nitrogens is 3. The average molecular weight is 715 g/mol. The van der Waals surface area contributed by atoms with E-state index in [1.807, 2.05) is 0 Å². The van der Waals surface area contributed by atoms with Crippen LogP contribution in [0.15, 0.2) is 76.4 Å². The maximum Gasteiger partial charge on any atom is 0.442 e. The number of benzene rings is 1. The van der Waals surface area contributed by atoms with Gasteiger partial charge in [0.15, 0.2) is 5.82 Å². The van der Waals surface area contributed by atoms with Crippen molar-refractivity contribution in [2.45, 2.75) is 84.0 Å². The van der Waals surface area contributed by atoms with E-state index < -0.39 is 44.8 Å². The lowest BCUT2D eigenvalue weighted by Crippen LogP contribution is -2.44. The summed E-state index contributed by atoms with van der Waals surface area (Å²) in [5.41, 5.74) is -1.27. The van der Waals surface area contributed by atoms with E-state index in [1.165, 1.54) is 12.5 Å². The van der Waals surface area contributed by atoms with Gasteiger partial charge >= 0.3 is 18.3 Å². The summed E-state index contributed by atoms with van der Waals surface area (Å²) in [6.07, 6.45) is 3.26. The molecule has 1 aromatic carbocycles. The van der Waals surface area contributed by atoms with Crippen LogP contribution in [0.1, 0.15) is 73.6 Å². The zero-order valence-corrected chi connectivity index (χ0v) is 31.2. The minimum absolute atomic E-state index is 0.0592. The first-order valence-electron chi connectivity index (χ1n) is 15.9. The summed E-state index contributed by atoms with van der Waals surface area (Å²) in [4.78, 5) is 53.1. The van der Waals surface area contributed by atoms with Gasteiger partial charge in [0.05, 0.1) is 15.3 Å². The largest absolute Gasteiger partial charge is 0.443 e. The van der Waals surface area contributed by atoms with Crippen molar-refractivity contribution < 1.29 is 32.8 Å². The Labute approximate surface area is 298 Å². The molecular weight excluding hydrogens is 673 g/mol. The molecule has 3 aromatic heterocycles. The van der Waals surface area contributed by atoms with E-state index in [2.05, 4.69) is 36.5 Å². The highest BCUT2D eigenvalue weighted by molar-refractivity contribution is 7.93. The number of carbonyl (C=O) groups is 3. The van der Waals surface area contributed by atoms with Gasteiger partial charge in [0.2, 0.25) is 0 Å². The third-order valence-corrected chi connectivity index (χ3v) is 7.96. The Morgan fingerprint density at radius 1 is 0.784 bits per heavy atom. The van der Waals surface area contributed by atoms with Crippen LogP contribution in [0.4, 0.5) is 31.7 Å². The van der Waals surface area contributed by atoms with Crippen molar-refractivity contribution in [3.63, 3.8) is 0 Å². The lowest BCUT2D eigenvalue weighted by atomic mass is 10.1. The Kier molecular flexibility index (Phi) is 11.1. The SMILES string of the molecule is CC(C)(C)OC(=O)N=S(C)(=O)c1ccc(Nc2cc3c(C#Cc4cccnc4N(C(=O)OC(C)(C)C)C(=O)OC(C)(C)C)nccc3cn2)cc1. The molecule has 3 heterocycles. The molecule has 0 saturated heterocycles. The molecule has 13 nitrogen and oxygen atoms in total. The van der Waals surface area contributed by atoms with Crippen molar-refractivity contribution in [3.8, 4) is 11.8 Å². The van der Waals surface area contributed by atoms with Crippen molar-refractivity contribution in [1.82, 2.24) is 15.0 Å². The molecule has 14 heteroatoms. The normalized spacial score (nSPS) is 12.8. The molecular formula is C37H42N6O7S. The number of amides is 3. The monoisotopic (exact) mass is 714 g/mol. The van der Waals surface area contributed by atoms with Gasteiger partial charge in [-0.3, -0.25) is 0 Å². The third-order valence-electron chi connectivity index (χ3n) is 6.32. The Hall–Kier alpha value is -5.55. The number of carbonyl (C=O) groups excluding carboxylic acids is 3. The summed E-state index contributed by atoms with van der Waals surface area (Å²) >= 11 is 0. The summed E-state index contributed by atoms with van der Waals surface area (Å²) in [7, 11) is -3.05. The lowest BCUT2D eigenvalue weighted by Gasteiger charge is -2.28.